The van der Waals surface area contributed by atoms with Crippen molar-refractivity contribution in [2.45, 2.75) is 47.2 Å². The Morgan fingerprint density at radius 2 is 1.96 bits per heavy atom. The van der Waals surface area contributed by atoms with Crippen molar-refractivity contribution < 1.29 is 19.4 Å². The van der Waals surface area contributed by atoms with Crippen molar-refractivity contribution in [2.24, 2.45) is 5.41 Å². The topological polar surface area (TPSA) is 87.7 Å². The molecule has 3 N–H and O–H groups in total. The lowest BCUT2D eigenvalue weighted by Gasteiger charge is -2.12. The molecule has 1 aliphatic heterocycles. The van der Waals surface area contributed by atoms with E-state index in [0.717, 1.165) is 0 Å². The number of aromatic carboxylic acids is 1. The predicted molar refractivity (Wildman–Crippen MR) is 91.4 cm³/mol. The molecule has 1 aliphatic rings. The van der Waals surface area contributed by atoms with Gasteiger partial charge in [-0.3, -0.25) is 4.79 Å². The van der Waals surface area contributed by atoms with Crippen molar-refractivity contribution in [1.29, 1.82) is 0 Å². The van der Waals surface area contributed by atoms with Crippen molar-refractivity contribution in [3.63, 3.8) is 0 Å². The molecule has 0 fully saturated rings. The Labute approximate surface area is 137 Å². The molecular formula is C17H26N2O4. The summed E-state index contributed by atoms with van der Waals surface area (Å²) in [6.45, 7) is 10.7. The monoisotopic (exact) mass is 322 g/mol. The summed E-state index contributed by atoms with van der Waals surface area (Å²) >= 11 is 0. The van der Waals surface area contributed by atoms with Crippen molar-refractivity contribution >= 4 is 23.6 Å². The Morgan fingerprint density at radius 3 is 2.43 bits per heavy atom. The van der Waals surface area contributed by atoms with Gasteiger partial charge < -0.3 is 20.5 Å². The van der Waals surface area contributed by atoms with Gasteiger partial charge in [0.2, 0.25) is 0 Å². The highest BCUT2D eigenvalue weighted by molar-refractivity contribution is 6.00. The van der Waals surface area contributed by atoms with E-state index in [1.165, 1.54) is 12.5 Å². The standard InChI is InChI=1S/C11H12N2O4.C6H14/c1-6-12-9-5-7(17-3-2-14)4-8(11(15)16)10(9)13-6;1-5-6(2,3)4/h2,4-6,12-13H,3H2,1H3,(H,15,16);5H2,1-4H3. The molecule has 0 spiro atoms. The Morgan fingerprint density at radius 1 is 1.35 bits per heavy atom. The molecule has 6 heteroatoms. The van der Waals surface area contributed by atoms with Crippen molar-refractivity contribution in [2.75, 3.05) is 17.2 Å². The van der Waals surface area contributed by atoms with Crippen LogP contribution in [0.3, 0.4) is 0 Å². The highest BCUT2D eigenvalue weighted by Gasteiger charge is 2.23. The molecule has 1 aromatic rings. The van der Waals surface area contributed by atoms with Gasteiger partial charge in [-0.25, -0.2) is 4.79 Å². The van der Waals surface area contributed by atoms with E-state index in [2.05, 4.69) is 38.3 Å². The van der Waals surface area contributed by atoms with E-state index in [4.69, 9.17) is 9.84 Å². The van der Waals surface area contributed by atoms with Crippen LogP contribution in [0.4, 0.5) is 11.4 Å². The van der Waals surface area contributed by atoms with Gasteiger partial charge >= 0.3 is 5.97 Å². The maximum atomic E-state index is 11.1. The van der Waals surface area contributed by atoms with Crippen molar-refractivity contribution in [3.8, 4) is 5.75 Å². The van der Waals surface area contributed by atoms with E-state index in [1.54, 1.807) is 6.07 Å². The van der Waals surface area contributed by atoms with Gasteiger partial charge in [0, 0.05) is 6.07 Å². The molecule has 0 saturated carbocycles. The fourth-order valence-corrected chi connectivity index (χ4v) is 1.75. The van der Waals surface area contributed by atoms with Crippen LogP contribution in [-0.2, 0) is 4.79 Å². The average molecular weight is 322 g/mol. The van der Waals surface area contributed by atoms with Gasteiger partial charge in [0.15, 0.2) is 6.29 Å². The van der Waals surface area contributed by atoms with E-state index < -0.39 is 5.97 Å². The number of carbonyl (C=O) groups is 2. The van der Waals surface area contributed by atoms with Crippen LogP contribution in [0.1, 0.15) is 51.4 Å². The molecule has 23 heavy (non-hydrogen) atoms. The molecule has 0 bridgehead atoms. The highest BCUT2D eigenvalue weighted by Crippen LogP contribution is 2.36. The fraction of sp³-hybridized carbons (Fsp3) is 0.529. The molecule has 0 aromatic heterocycles. The van der Waals surface area contributed by atoms with Gasteiger partial charge in [0.1, 0.15) is 12.4 Å². The van der Waals surface area contributed by atoms with Crippen LogP contribution in [0, 0.1) is 5.41 Å². The number of ether oxygens (including phenoxy) is 1. The summed E-state index contributed by atoms with van der Waals surface area (Å²) in [4.78, 5) is 21.3. The van der Waals surface area contributed by atoms with Crippen LogP contribution in [0.15, 0.2) is 12.1 Å². The third-order valence-electron chi connectivity index (χ3n) is 3.45. The summed E-state index contributed by atoms with van der Waals surface area (Å²) < 4.78 is 5.11. The van der Waals surface area contributed by atoms with E-state index in [0.29, 0.717) is 28.8 Å². The Hall–Kier alpha value is -2.24. The zero-order valence-electron chi connectivity index (χ0n) is 14.4. The molecule has 0 amide bonds. The number of carboxylic acid groups (broad SMARTS) is 1. The molecule has 1 unspecified atom stereocenters. The Balaban J connectivity index is 0.000000379. The summed E-state index contributed by atoms with van der Waals surface area (Å²) in [5.41, 5.74) is 1.88. The minimum Gasteiger partial charge on any atom is -0.486 e. The SMILES string of the molecule is CC1Nc2cc(OCC=O)cc(C(=O)O)c2N1.CCC(C)(C)C. The molecule has 1 aromatic carbocycles. The lowest BCUT2D eigenvalue weighted by atomic mass is 9.94. The second kappa shape index (κ2) is 7.85. The number of aldehydes is 1. The number of carbonyl (C=O) groups excluding carboxylic acids is 1. The maximum Gasteiger partial charge on any atom is 0.338 e. The number of carboxylic acids is 1. The van der Waals surface area contributed by atoms with Crippen LogP contribution in [0.5, 0.6) is 5.75 Å². The number of nitrogens with one attached hydrogen (secondary N) is 2. The van der Waals surface area contributed by atoms with E-state index in [9.17, 15) is 9.59 Å². The lowest BCUT2D eigenvalue weighted by molar-refractivity contribution is -0.109. The van der Waals surface area contributed by atoms with Gasteiger partial charge in [-0.05, 0) is 18.4 Å². The van der Waals surface area contributed by atoms with E-state index in [-0.39, 0.29) is 18.3 Å². The first kappa shape index (κ1) is 18.8. The highest BCUT2D eigenvalue weighted by atomic mass is 16.5. The first-order chi connectivity index (χ1) is 10.7. The zero-order valence-corrected chi connectivity index (χ0v) is 14.4. The fourth-order valence-electron chi connectivity index (χ4n) is 1.75. The summed E-state index contributed by atoms with van der Waals surface area (Å²) in [5.74, 6) is -0.683. The first-order valence-electron chi connectivity index (χ1n) is 7.68. The van der Waals surface area contributed by atoms with Gasteiger partial charge in [-0.15, -0.1) is 0 Å². The number of rotatable bonds is 4. The summed E-state index contributed by atoms with van der Waals surface area (Å²) in [6, 6.07) is 3.07. The van der Waals surface area contributed by atoms with Crippen molar-refractivity contribution in [3.05, 3.63) is 17.7 Å². The molecule has 6 nitrogen and oxygen atoms in total. The quantitative estimate of drug-likeness (QED) is 0.734. The van der Waals surface area contributed by atoms with Gasteiger partial charge in [0.25, 0.3) is 0 Å². The normalized spacial score (nSPS) is 15.4. The second-order valence-corrected chi connectivity index (χ2v) is 6.60. The number of benzene rings is 1. The number of hydrogen-bond donors (Lipinski definition) is 3. The minimum absolute atomic E-state index is 0.0376. The Kier molecular flexibility index (Phi) is 6.42. The molecule has 1 atom stereocenters. The van der Waals surface area contributed by atoms with Gasteiger partial charge in [-0.2, -0.15) is 0 Å². The van der Waals surface area contributed by atoms with Crippen LogP contribution in [0.25, 0.3) is 0 Å². The van der Waals surface area contributed by atoms with Crippen LogP contribution >= 0.6 is 0 Å². The molecule has 0 radical (unpaired) electrons. The number of anilines is 2. The predicted octanol–water partition coefficient (Wildman–Crippen LogP) is 3.59. The van der Waals surface area contributed by atoms with Crippen molar-refractivity contribution in [1.82, 2.24) is 0 Å². The van der Waals surface area contributed by atoms with Crippen LogP contribution in [-0.4, -0.2) is 30.1 Å². The third-order valence-corrected chi connectivity index (χ3v) is 3.45. The maximum absolute atomic E-state index is 11.1. The van der Waals surface area contributed by atoms with Crippen LogP contribution < -0.4 is 15.4 Å². The summed E-state index contributed by atoms with van der Waals surface area (Å²) in [6.07, 6.45) is 1.85. The smallest absolute Gasteiger partial charge is 0.338 e. The zero-order chi connectivity index (χ0) is 17.6. The molecule has 2 rings (SSSR count). The molecule has 0 saturated heterocycles. The molecular weight excluding hydrogens is 296 g/mol. The minimum atomic E-state index is -1.04. The van der Waals surface area contributed by atoms with Gasteiger partial charge in [-0.1, -0.05) is 34.1 Å². The summed E-state index contributed by atoms with van der Waals surface area (Å²) in [5, 5.41) is 15.2. The summed E-state index contributed by atoms with van der Waals surface area (Å²) in [7, 11) is 0. The van der Waals surface area contributed by atoms with E-state index in [1.807, 2.05) is 6.92 Å². The Bertz CT molecular complexity index is 564. The van der Waals surface area contributed by atoms with Crippen LogP contribution in [0.2, 0.25) is 0 Å². The second-order valence-electron chi connectivity index (χ2n) is 6.60. The molecule has 1 heterocycles. The molecule has 0 aliphatic carbocycles. The van der Waals surface area contributed by atoms with Gasteiger partial charge in [0.05, 0.1) is 23.1 Å². The first-order valence-corrected chi connectivity index (χ1v) is 7.68. The number of fused-ring (bicyclic) bond motifs is 1. The largest absolute Gasteiger partial charge is 0.486 e. The van der Waals surface area contributed by atoms with E-state index >= 15 is 0 Å². The molecule has 128 valence electrons. The lowest BCUT2D eigenvalue weighted by Crippen LogP contribution is -2.16. The average Bonchev–Trinajstić information content (AvgIpc) is 2.83. The number of hydrogen-bond acceptors (Lipinski definition) is 5. The third kappa shape index (κ3) is 5.81.